The van der Waals surface area contributed by atoms with Crippen LogP contribution in [0.3, 0.4) is 0 Å². The Balaban J connectivity index is 0.00000364. The molecule has 0 spiro atoms. The molecule has 0 saturated carbocycles. The number of nitrogens with zero attached hydrogens (tertiary/aromatic N) is 1. The Morgan fingerprint density at radius 3 is 2.44 bits per heavy atom. The number of ether oxygens (including phenoxy) is 1. The Kier molecular flexibility index (Phi) is 9.70. The standard InChI is InChI=1S/C19H21F2N3O2.HI/c1-22-19(24-12-15-11-16(20)7-8-17(15)21)23-10-9-13-3-5-14(6-4-13)18(25)26-2;/h3-8,11H,9-10,12H2,1-2H3,(H2,22,23,24);1H. The molecule has 0 unspecified atom stereocenters. The summed E-state index contributed by atoms with van der Waals surface area (Å²) in [6, 6.07) is 10.5. The molecular weight excluding hydrogens is 467 g/mol. The van der Waals surface area contributed by atoms with E-state index in [2.05, 4.69) is 20.4 Å². The Hall–Kier alpha value is -2.23. The van der Waals surface area contributed by atoms with Crippen LogP contribution in [0.25, 0.3) is 0 Å². The van der Waals surface area contributed by atoms with E-state index in [-0.39, 0.29) is 42.1 Å². The molecule has 27 heavy (non-hydrogen) atoms. The van der Waals surface area contributed by atoms with Crippen molar-refractivity contribution in [1.29, 1.82) is 0 Å². The van der Waals surface area contributed by atoms with E-state index in [9.17, 15) is 13.6 Å². The van der Waals surface area contributed by atoms with Crippen molar-refractivity contribution >= 4 is 35.9 Å². The molecule has 2 N–H and O–H groups in total. The van der Waals surface area contributed by atoms with Crippen molar-refractivity contribution < 1.29 is 18.3 Å². The number of nitrogens with one attached hydrogen (secondary N) is 2. The lowest BCUT2D eigenvalue weighted by Gasteiger charge is -2.12. The number of guanidine groups is 1. The van der Waals surface area contributed by atoms with Crippen LogP contribution in [-0.2, 0) is 17.7 Å². The number of halogens is 3. The van der Waals surface area contributed by atoms with Crippen LogP contribution in [0.15, 0.2) is 47.5 Å². The SMILES string of the molecule is CN=C(NCCc1ccc(C(=O)OC)cc1)NCc1cc(F)ccc1F.I. The number of aliphatic imine (C=N–C) groups is 1. The second-order valence-corrected chi connectivity index (χ2v) is 5.53. The number of carbonyl (C=O) groups is 1. The Morgan fingerprint density at radius 2 is 1.81 bits per heavy atom. The van der Waals surface area contributed by atoms with E-state index in [0.29, 0.717) is 24.5 Å². The number of hydrogen-bond acceptors (Lipinski definition) is 3. The molecule has 0 aliphatic rings. The highest BCUT2D eigenvalue weighted by Gasteiger charge is 2.06. The normalized spacial score (nSPS) is 10.7. The predicted molar refractivity (Wildman–Crippen MR) is 111 cm³/mol. The third-order valence-electron chi connectivity index (χ3n) is 3.76. The van der Waals surface area contributed by atoms with Crippen molar-refractivity contribution in [2.45, 2.75) is 13.0 Å². The maximum Gasteiger partial charge on any atom is 0.337 e. The molecule has 2 aromatic carbocycles. The predicted octanol–water partition coefficient (Wildman–Crippen LogP) is 3.28. The van der Waals surface area contributed by atoms with Crippen LogP contribution in [0.1, 0.15) is 21.5 Å². The summed E-state index contributed by atoms with van der Waals surface area (Å²) in [5.41, 5.74) is 1.77. The van der Waals surface area contributed by atoms with Crippen molar-refractivity contribution in [1.82, 2.24) is 10.6 Å². The molecule has 0 radical (unpaired) electrons. The average molecular weight is 489 g/mol. The number of carbonyl (C=O) groups excluding carboxylic acids is 1. The lowest BCUT2D eigenvalue weighted by atomic mass is 10.1. The second kappa shape index (κ2) is 11.5. The van der Waals surface area contributed by atoms with Gasteiger partial charge in [-0.05, 0) is 42.3 Å². The first-order valence-electron chi connectivity index (χ1n) is 8.09. The molecule has 2 aromatic rings. The number of rotatable bonds is 6. The third-order valence-corrected chi connectivity index (χ3v) is 3.76. The van der Waals surface area contributed by atoms with Gasteiger partial charge in [0.2, 0.25) is 0 Å². The van der Waals surface area contributed by atoms with Crippen molar-refractivity contribution in [3.05, 3.63) is 70.8 Å². The molecular formula is C19H22F2IN3O2. The molecule has 8 heteroatoms. The van der Waals surface area contributed by atoms with Crippen LogP contribution in [0, 0.1) is 11.6 Å². The van der Waals surface area contributed by atoms with Gasteiger partial charge >= 0.3 is 5.97 Å². The summed E-state index contributed by atoms with van der Waals surface area (Å²) in [6.45, 7) is 0.708. The minimum atomic E-state index is -0.485. The van der Waals surface area contributed by atoms with Gasteiger partial charge in [-0.3, -0.25) is 4.99 Å². The minimum absolute atomic E-state index is 0. The van der Waals surface area contributed by atoms with Gasteiger partial charge in [-0.1, -0.05) is 12.1 Å². The Labute approximate surface area is 174 Å². The van der Waals surface area contributed by atoms with E-state index in [0.717, 1.165) is 23.8 Å². The zero-order chi connectivity index (χ0) is 18.9. The first kappa shape index (κ1) is 22.8. The van der Waals surface area contributed by atoms with Crippen LogP contribution in [-0.4, -0.2) is 32.6 Å². The summed E-state index contributed by atoms with van der Waals surface area (Å²) in [4.78, 5) is 15.4. The molecule has 0 bridgehead atoms. The Morgan fingerprint density at radius 1 is 1.11 bits per heavy atom. The second-order valence-electron chi connectivity index (χ2n) is 5.53. The van der Waals surface area contributed by atoms with Crippen molar-refractivity contribution in [3.63, 3.8) is 0 Å². The molecule has 0 fully saturated rings. The lowest BCUT2D eigenvalue weighted by Crippen LogP contribution is -2.38. The number of hydrogen-bond donors (Lipinski definition) is 2. The summed E-state index contributed by atoms with van der Waals surface area (Å²) < 4.78 is 31.4. The molecule has 0 atom stereocenters. The fourth-order valence-electron chi connectivity index (χ4n) is 2.33. The topological polar surface area (TPSA) is 62.7 Å². The molecule has 0 aromatic heterocycles. The van der Waals surface area contributed by atoms with Gasteiger partial charge in [0.1, 0.15) is 11.6 Å². The molecule has 0 aliphatic carbocycles. The highest BCUT2D eigenvalue weighted by atomic mass is 127. The highest BCUT2D eigenvalue weighted by molar-refractivity contribution is 14.0. The van der Waals surface area contributed by atoms with Crippen molar-refractivity contribution in [2.75, 3.05) is 20.7 Å². The fourth-order valence-corrected chi connectivity index (χ4v) is 2.33. The first-order valence-corrected chi connectivity index (χ1v) is 8.09. The van der Waals surface area contributed by atoms with E-state index in [1.807, 2.05) is 12.1 Å². The summed E-state index contributed by atoms with van der Waals surface area (Å²) in [5.74, 6) is -0.842. The molecule has 0 aliphatic heterocycles. The zero-order valence-corrected chi connectivity index (χ0v) is 17.4. The Bertz CT molecular complexity index is 783. The molecule has 2 rings (SSSR count). The van der Waals surface area contributed by atoms with Crippen LogP contribution in [0.4, 0.5) is 8.78 Å². The van der Waals surface area contributed by atoms with E-state index in [1.165, 1.54) is 7.11 Å². The molecule has 0 amide bonds. The number of esters is 1. The van der Waals surface area contributed by atoms with E-state index in [4.69, 9.17) is 0 Å². The highest BCUT2D eigenvalue weighted by Crippen LogP contribution is 2.09. The van der Waals surface area contributed by atoms with Crippen molar-refractivity contribution in [3.8, 4) is 0 Å². The molecule has 0 saturated heterocycles. The maximum absolute atomic E-state index is 13.6. The largest absolute Gasteiger partial charge is 0.465 e. The quantitative estimate of drug-likeness (QED) is 0.283. The minimum Gasteiger partial charge on any atom is -0.465 e. The third kappa shape index (κ3) is 7.12. The van der Waals surface area contributed by atoms with Gasteiger partial charge in [0, 0.05) is 25.7 Å². The van der Waals surface area contributed by atoms with Gasteiger partial charge in [-0.2, -0.15) is 0 Å². The molecule has 5 nitrogen and oxygen atoms in total. The van der Waals surface area contributed by atoms with Crippen LogP contribution in [0.5, 0.6) is 0 Å². The monoisotopic (exact) mass is 489 g/mol. The van der Waals surface area contributed by atoms with E-state index >= 15 is 0 Å². The van der Waals surface area contributed by atoms with Gasteiger partial charge in [0.05, 0.1) is 12.7 Å². The van der Waals surface area contributed by atoms with Crippen LogP contribution in [0.2, 0.25) is 0 Å². The first-order chi connectivity index (χ1) is 12.5. The van der Waals surface area contributed by atoms with Crippen LogP contribution >= 0.6 is 24.0 Å². The average Bonchev–Trinajstić information content (AvgIpc) is 2.66. The smallest absolute Gasteiger partial charge is 0.337 e. The van der Waals surface area contributed by atoms with Crippen LogP contribution < -0.4 is 10.6 Å². The lowest BCUT2D eigenvalue weighted by molar-refractivity contribution is 0.0600. The van der Waals surface area contributed by atoms with Gasteiger partial charge in [0.15, 0.2) is 5.96 Å². The van der Waals surface area contributed by atoms with Crippen molar-refractivity contribution in [2.24, 2.45) is 4.99 Å². The summed E-state index contributed by atoms with van der Waals surface area (Å²) in [7, 11) is 2.94. The summed E-state index contributed by atoms with van der Waals surface area (Å²) in [5, 5.41) is 6.04. The van der Waals surface area contributed by atoms with E-state index in [1.54, 1.807) is 19.2 Å². The van der Waals surface area contributed by atoms with Gasteiger partial charge in [-0.15, -0.1) is 24.0 Å². The number of methoxy groups -OCH3 is 1. The zero-order valence-electron chi connectivity index (χ0n) is 15.1. The maximum atomic E-state index is 13.6. The molecule has 146 valence electrons. The van der Waals surface area contributed by atoms with E-state index < -0.39 is 11.6 Å². The molecule has 0 heterocycles. The van der Waals surface area contributed by atoms with Gasteiger partial charge < -0.3 is 15.4 Å². The van der Waals surface area contributed by atoms with Gasteiger partial charge in [0.25, 0.3) is 0 Å². The van der Waals surface area contributed by atoms with Gasteiger partial charge in [-0.25, -0.2) is 13.6 Å². The fraction of sp³-hybridized carbons (Fsp3) is 0.263. The number of benzene rings is 2. The summed E-state index contributed by atoms with van der Waals surface area (Å²) >= 11 is 0. The summed E-state index contributed by atoms with van der Waals surface area (Å²) in [6.07, 6.45) is 0.705.